The smallest absolute Gasteiger partial charge is 0.410 e. The molecule has 3 rings (SSSR count). The zero-order valence-electron chi connectivity index (χ0n) is 10.3. The molecule has 2 aliphatic heterocycles. The fourth-order valence-electron chi connectivity index (χ4n) is 2.59. The van der Waals surface area contributed by atoms with Gasteiger partial charge in [-0.1, -0.05) is 30.3 Å². The van der Waals surface area contributed by atoms with Crippen LogP contribution in [-0.2, 0) is 11.3 Å². The standard InChI is InChI=1S/C14H18N2O2/c17-14(18-10-11-4-2-1-3-5-11)16-7-6-12-8-15-13(12)9-16/h1-5,12-13,15H,6-10H2/t12-,13-/m0/s1. The van der Waals surface area contributed by atoms with Crippen LogP contribution in [0.3, 0.4) is 0 Å². The molecule has 2 heterocycles. The number of nitrogens with zero attached hydrogens (tertiary/aromatic N) is 1. The number of carbonyl (C=O) groups excluding carboxylic acids is 1. The molecule has 4 nitrogen and oxygen atoms in total. The zero-order valence-corrected chi connectivity index (χ0v) is 10.3. The zero-order chi connectivity index (χ0) is 12.4. The minimum absolute atomic E-state index is 0.189. The molecule has 2 aliphatic rings. The van der Waals surface area contributed by atoms with E-state index < -0.39 is 0 Å². The van der Waals surface area contributed by atoms with E-state index in [-0.39, 0.29) is 6.09 Å². The third kappa shape index (κ3) is 2.34. The summed E-state index contributed by atoms with van der Waals surface area (Å²) in [6, 6.07) is 10.3. The Hall–Kier alpha value is -1.55. The summed E-state index contributed by atoms with van der Waals surface area (Å²) < 4.78 is 5.33. The van der Waals surface area contributed by atoms with Crippen molar-refractivity contribution in [1.29, 1.82) is 0 Å². The van der Waals surface area contributed by atoms with E-state index >= 15 is 0 Å². The average molecular weight is 246 g/mol. The van der Waals surface area contributed by atoms with Crippen molar-refractivity contribution in [3.8, 4) is 0 Å². The Morgan fingerprint density at radius 3 is 2.89 bits per heavy atom. The number of ether oxygens (including phenoxy) is 1. The molecule has 1 aromatic rings. The summed E-state index contributed by atoms with van der Waals surface area (Å²) in [6.07, 6.45) is 0.906. The lowest BCUT2D eigenvalue weighted by Gasteiger charge is -2.45. The van der Waals surface area contributed by atoms with Gasteiger partial charge in [0.15, 0.2) is 0 Å². The fraction of sp³-hybridized carbons (Fsp3) is 0.500. The minimum atomic E-state index is -0.189. The van der Waals surface area contributed by atoms with Crippen LogP contribution in [-0.4, -0.2) is 36.7 Å². The van der Waals surface area contributed by atoms with Crippen molar-refractivity contribution < 1.29 is 9.53 Å². The molecule has 0 unspecified atom stereocenters. The molecular weight excluding hydrogens is 228 g/mol. The highest BCUT2D eigenvalue weighted by molar-refractivity contribution is 5.67. The first-order valence-electron chi connectivity index (χ1n) is 6.52. The van der Waals surface area contributed by atoms with Gasteiger partial charge in [0, 0.05) is 19.1 Å². The molecule has 2 saturated heterocycles. The SMILES string of the molecule is O=C(OCc1ccccc1)N1CC[C@H]2CN[C@H]2C1. The van der Waals surface area contributed by atoms with Gasteiger partial charge in [0.1, 0.15) is 6.61 Å². The molecule has 1 amide bonds. The molecule has 1 N–H and O–H groups in total. The fourth-order valence-corrected chi connectivity index (χ4v) is 2.59. The summed E-state index contributed by atoms with van der Waals surface area (Å²) in [7, 11) is 0. The first-order valence-corrected chi connectivity index (χ1v) is 6.52. The Morgan fingerprint density at radius 1 is 1.39 bits per heavy atom. The van der Waals surface area contributed by atoms with E-state index in [4.69, 9.17) is 4.74 Å². The van der Waals surface area contributed by atoms with Crippen molar-refractivity contribution in [2.75, 3.05) is 19.6 Å². The van der Waals surface area contributed by atoms with Crippen LogP contribution in [0.1, 0.15) is 12.0 Å². The highest BCUT2D eigenvalue weighted by Gasteiger charge is 2.37. The van der Waals surface area contributed by atoms with Crippen molar-refractivity contribution in [3.05, 3.63) is 35.9 Å². The molecule has 0 aromatic heterocycles. The minimum Gasteiger partial charge on any atom is -0.445 e. The second kappa shape index (κ2) is 4.98. The number of benzene rings is 1. The number of hydrogen-bond acceptors (Lipinski definition) is 3. The lowest BCUT2D eigenvalue weighted by atomic mass is 9.85. The highest BCUT2D eigenvalue weighted by Crippen LogP contribution is 2.24. The molecule has 96 valence electrons. The first-order chi connectivity index (χ1) is 8.83. The first kappa shape index (κ1) is 11.5. The van der Waals surface area contributed by atoms with E-state index in [9.17, 15) is 4.79 Å². The topological polar surface area (TPSA) is 41.6 Å². The molecule has 4 heteroatoms. The quantitative estimate of drug-likeness (QED) is 0.862. The maximum Gasteiger partial charge on any atom is 0.410 e. The number of amides is 1. The van der Waals surface area contributed by atoms with Crippen LogP contribution in [0.4, 0.5) is 4.79 Å². The van der Waals surface area contributed by atoms with Crippen molar-refractivity contribution in [2.24, 2.45) is 5.92 Å². The number of carbonyl (C=O) groups is 1. The molecule has 0 radical (unpaired) electrons. The third-order valence-electron chi connectivity index (χ3n) is 3.86. The predicted molar refractivity (Wildman–Crippen MR) is 68.1 cm³/mol. The van der Waals surface area contributed by atoms with Gasteiger partial charge in [0.25, 0.3) is 0 Å². The molecule has 2 fully saturated rings. The maximum atomic E-state index is 11.9. The van der Waals surface area contributed by atoms with E-state index in [1.54, 1.807) is 0 Å². The molecule has 0 saturated carbocycles. The van der Waals surface area contributed by atoms with E-state index in [1.807, 2.05) is 35.2 Å². The Kier molecular flexibility index (Phi) is 3.19. The Balaban J connectivity index is 1.49. The van der Waals surface area contributed by atoms with Crippen LogP contribution in [0.5, 0.6) is 0 Å². The molecule has 0 spiro atoms. The van der Waals surface area contributed by atoms with E-state index in [1.165, 1.54) is 0 Å². The normalized spacial score (nSPS) is 26.1. The summed E-state index contributed by atoms with van der Waals surface area (Å²) in [5, 5.41) is 3.36. The van der Waals surface area contributed by atoms with E-state index in [2.05, 4.69) is 5.32 Å². The molecule has 2 atom stereocenters. The van der Waals surface area contributed by atoms with E-state index in [0.717, 1.165) is 37.5 Å². The summed E-state index contributed by atoms with van der Waals surface area (Å²) in [5.74, 6) is 0.767. The van der Waals surface area contributed by atoms with Crippen LogP contribution in [0.15, 0.2) is 30.3 Å². The molecular formula is C14H18N2O2. The van der Waals surface area contributed by atoms with Gasteiger partial charge in [0.2, 0.25) is 0 Å². The number of piperidine rings is 1. The molecule has 0 aliphatic carbocycles. The van der Waals surface area contributed by atoms with Gasteiger partial charge in [-0.05, 0) is 24.4 Å². The van der Waals surface area contributed by atoms with Crippen molar-refractivity contribution in [1.82, 2.24) is 10.2 Å². The molecule has 1 aromatic carbocycles. The number of fused-ring (bicyclic) bond motifs is 1. The number of rotatable bonds is 2. The van der Waals surface area contributed by atoms with Crippen molar-refractivity contribution in [3.63, 3.8) is 0 Å². The lowest BCUT2D eigenvalue weighted by Crippen LogP contribution is -2.62. The summed E-state index contributed by atoms with van der Waals surface area (Å²) in [5.41, 5.74) is 1.03. The monoisotopic (exact) mass is 246 g/mol. The Morgan fingerprint density at radius 2 is 2.22 bits per heavy atom. The van der Waals surface area contributed by atoms with Crippen molar-refractivity contribution in [2.45, 2.75) is 19.1 Å². The third-order valence-corrected chi connectivity index (χ3v) is 3.86. The van der Waals surface area contributed by atoms with Gasteiger partial charge in [0.05, 0.1) is 0 Å². The summed E-state index contributed by atoms with van der Waals surface area (Å²) in [4.78, 5) is 13.7. The van der Waals surface area contributed by atoms with E-state index in [0.29, 0.717) is 12.6 Å². The predicted octanol–water partition coefficient (Wildman–Crippen LogP) is 1.62. The van der Waals surface area contributed by atoms with Gasteiger partial charge >= 0.3 is 6.09 Å². The number of likely N-dealkylation sites (tertiary alicyclic amines) is 1. The number of nitrogens with one attached hydrogen (secondary N) is 1. The Bertz CT molecular complexity index is 421. The highest BCUT2D eigenvalue weighted by atomic mass is 16.6. The van der Waals surface area contributed by atoms with Crippen LogP contribution in [0, 0.1) is 5.92 Å². The largest absolute Gasteiger partial charge is 0.445 e. The van der Waals surface area contributed by atoms with Crippen molar-refractivity contribution >= 4 is 6.09 Å². The van der Waals surface area contributed by atoms with Gasteiger partial charge in [-0.3, -0.25) is 0 Å². The van der Waals surface area contributed by atoms with Gasteiger partial charge < -0.3 is 15.0 Å². The average Bonchev–Trinajstić information content (AvgIpc) is 2.39. The van der Waals surface area contributed by atoms with Gasteiger partial charge in [-0.15, -0.1) is 0 Å². The van der Waals surface area contributed by atoms with Crippen LogP contribution < -0.4 is 5.32 Å². The molecule has 18 heavy (non-hydrogen) atoms. The Labute approximate surface area is 107 Å². The maximum absolute atomic E-state index is 11.9. The summed E-state index contributed by atoms with van der Waals surface area (Å²) >= 11 is 0. The van der Waals surface area contributed by atoms with Gasteiger partial charge in [-0.25, -0.2) is 4.79 Å². The van der Waals surface area contributed by atoms with Crippen LogP contribution >= 0.6 is 0 Å². The summed E-state index contributed by atoms with van der Waals surface area (Å²) in [6.45, 7) is 3.09. The van der Waals surface area contributed by atoms with Gasteiger partial charge in [-0.2, -0.15) is 0 Å². The van der Waals surface area contributed by atoms with Crippen LogP contribution in [0.25, 0.3) is 0 Å². The lowest BCUT2D eigenvalue weighted by molar-refractivity contribution is 0.0522. The number of hydrogen-bond donors (Lipinski definition) is 1. The second-order valence-electron chi connectivity index (χ2n) is 5.05. The van der Waals surface area contributed by atoms with Crippen LogP contribution in [0.2, 0.25) is 0 Å². The molecule has 0 bridgehead atoms. The second-order valence-corrected chi connectivity index (χ2v) is 5.05.